The quantitative estimate of drug-likeness (QED) is 0.763. The van der Waals surface area contributed by atoms with Crippen LogP contribution in [0, 0.1) is 13.8 Å². The van der Waals surface area contributed by atoms with Crippen LogP contribution in [0.4, 0.5) is 0 Å². The molecular weight excluding hydrogens is 398 g/mol. The SMILES string of the molecule is Cc1noc(C)c1CC(=O)N1CCN(C(=O)Cc2cccc(Br)c2)CC1. The van der Waals surface area contributed by atoms with Crippen LogP contribution in [0.3, 0.4) is 0 Å². The Morgan fingerprint density at radius 3 is 2.23 bits per heavy atom. The van der Waals surface area contributed by atoms with Crippen LogP contribution >= 0.6 is 15.9 Å². The van der Waals surface area contributed by atoms with E-state index in [2.05, 4.69) is 21.1 Å². The van der Waals surface area contributed by atoms with Gasteiger partial charge in [-0.2, -0.15) is 0 Å². The third-order valence-corrected chi connectivity index (χ3v) is 5.23. The molecule has 1 fully saturated rings. The molecule has 7 heteroatoms. The van der Waals surface area contributed by atoms with Crippen molar-refractivity contribution in [1.82, 2.24) is 15.0 Å². The number of halogens is 1. The second-order valence-corrected chi connectivity index (χ2v) is 7.46. The van der Waals surface area contributed by atoms with Gasteiger partial charge in [0.25, 0.3) is 0 Å². The van der Waals surface area contributed by atoms with Crippen LogP contribution in [0.15, 0.2) is 33.3 Å². The zero-order valence-corrected chi connectivity index (χ0v) is 16.6. The van der Waals surface area contributed by atoms with Crippen molar-refractivity contribution in [2.45, 2.75) is 26.7 Å². The van der Waals surface area contributed by atoms with Crippen molar-refractivity contribution in [1.29, 1.82) is 0 Å². The number of carbonyl (C=O) groups is 2. The van der Waals surface area contributed by atoms with Crippen LogP contribution < -0.4 is 0 Å². The van der Waals surface area contributed by atoms with Gasteiger partial charge in [0.05, 0.1) is 18.5 Å². The molecule has 2 aromatic rings. The summed E-state index contributed by atoms with van der Waals surface area (Å²) in [6.45, 7) is 5.93. The van der Waals surface area contributed by atoms with Crippen molar-refractivity contribution >= 4 is 27.7 Å². The summed E-state index contributed by atoms with van der Waals surface area (Å²) < 4.78 is 6.09. The molecule has 0 aliphatic carbocycles. The van der Waals surface area contributed by atoms with E-state index in [0.717, 1.165) is 21.3 Å². The number of hydrogen-bond donors (Lipinski definition) is 0. The monoisotopic (exact) mass is 419 g/mol. The zero-order valence-electron chi connectivity index (χ0n) is 15.0. The number of hydrogen-bond acceptors (Lipinski definition) is 4. The van der Waals surface area contributed by atoms with Gasteiger partial charge >= 0.3 is 0 Å². The van der Waals surface area contributed by atoms with E-state index >= 15 is 0 Å². The highest BCUT2D eigenvalue weighted by Crippen LogP contribution is 2.16. The smallest absolute Gasteiger partial charge is 0.227 e. The summed E-state index contributed by atoms with van der Waals surface area (Å²) in [6.07, 6.45) is 0.680. The summed E-state index contributed by atoms with van der Waals surface area (Å²) in [6, 6.07) is 7.78. The van der Waals surface area contributed by atoms with E-state index in [4.69, 9.17) is 4.52 Å². The normalized spacial score (nSPS) is 14.6. The maximum absolute atomic E-state index is 12.5. The number of carbonyl (C=O) groups excluding carboxylic acids is 2. The molecule has 0 spiro atoms. The molecule has 1 aliphatic heterocycles. The Morgan fingerprint density at radius 2 is 1.69 bits per heavy atom. The van der Waals surface area contributed by atoms with Crippen LogP contribution in [0.25, 0.3) is 0 Å². The van der Waals surface area contributed by atoms with Crippen LogP contribution in [0.2, 0.25) is 0 Å². The lowest BCUT2D eigenvalue weighted by atomic mass is 10.1. The molecule has 138 valence electrons. The summed E-state index contributed by atoms with van der Waals surface area (Å²) >= 11 is 3.43. The lowest BCUT2D eigenvalue weighted by Crippen LogP contribution is -2.51. The molecule has 0 atom stereocenters. The summed E-state index contributed by atoms with van der Waals surface area (Å²) in [5.41, 5.74) is 2.61. The molecule has 26 heavy (non-hydrogen) atoms. The largest absolute Gasteiger partial charge is 0.361 e. The van der Waals surface area contributed by atoms with Gasteiger partial charge in [-0.15, -0.1) is 0 Å². The van der Waals surface area contributed by atoms with Gasteiger partial charge in [-0.1, -0.05) is 33.2 Å². The third kappa shape index (κ3) is 4.33. The maximum atomic E-state index is 12.5. The number of benzene rings is 1. The van der Waals surface area contributed by atoms with E-state index in [1.165, 1.54) is 0 Å². The lowest BCUT2D eigenvalue weighted by molar-refractivity contribution is -0.138. The van der Waals surface area contributed by atoms with Crippen molar-refractivity contribution in [3.05, 3.63) is 51.3 Å². The van der Waals surface area contributed by atoms with Gasteiger partial charge in [0.15, 0.2) is 0 Å². The number of aryl methyl sites for hydroxylation is 2. The Bertz CT molecular complexity index is 791. The number of rotatable bonds is 4. The fourth-order valence-corrected chi connectivity index (χ4v) is 3.60. The molecule has 2 amide bonds. The minimum Gasteiger partial charge on any atom is -0.361 e. The molecule has 0 radical (unpaired) electrons. The molecular formula is C19H22BrN3O3. The molecule has 1 aliphatic rings. The molecule has 6 nitrogen and oxygen atoms in total. The molecule has 2 heterocycles. The number of amides is 2. The van der Waals surface area contributed by atoms with E-state index in [0.29, 0.717) is 44.8 Å². The average molecular weight is 420 g/mol. The number of aromatic nitrogens is 1. The van der Waals surface area contributed by atoms with E-state index in [1.54, 1.807) is 0 Å². The molecule has 0 unspecified atom stereocenters. The average Bonchev–Trinajstić information content (AvgIpc) is 2.94. The molecule has 3 rings (SSSR count). The van der Waals surface area contributed by atoms with Crippen LogP contribution in [-0.2, 0) is 22.4 Å². The Balaban J connectivity index is 1.52. The highest BCUT2D eigenvalue weighted by molar-refractivity contribution is 9.10. The molecule has 1 aromatic carbocycles. The first kappa shape index (κ1) is 18.6. The molecule has 1 aromatic heterocycles. The van der Waals surface area contributed by atoms with Gasteiger partial charge in [-0.05, 0) is 31.5 Å². The van der Waals surface area contributed by atoms with Crippen molar-refractivity contribution in [2.24, 2.45) is 0 Å². The number of nitrogens with zero attached hydrogens (tertiary/aromatic N) is 3. The minimum atomic E-state index is 0.0542. The maximum Gasteiger partial charge on any atom is 0.227 e. The zero-order chi connectivity index (χ0) is 18.7. The molecule has 1 saturated heterocycles. The highest BCUT2D eigenvalue weighted by atomic mass is 79.9. The van der Waals surface area contributed by atoms with Crippen LogP contribution in [0.5, 0.6) is 0 Å². The van der Waals surface area contributed by atoms with E-state index < -0.39 is 0 Å². The molecule has 0 N–H and O–H groups in total. The first-order valence-electron chi connectivity index (χ1n) is 8.66. The van der Waals surface area contributed by atoms with Crippen molar-refractivity contribution < 1.29 is 14.1 Å². The second kappa shape index (κ2) is 8.03. The van der Waals surface area contributed by atoms with Gasteiger partial charge in [-0.25, -0.2) is 0 Å². The standard InChI is InChI=1S/C19H22BrN3O3/c1-13-17(14(2)26-21-13)12-19(25)23-8-6-22(7-9-23)18(24)11-15-4-3-5-16(20)10-15/h3-5,10H,6-9,11-12H2,1-2H3. The molecule has 0 saturated carbocycles. The summed E-state index contributed by atoms with van der Waals surface area (Å²) in [4.78, 5) is 28.7. The second-order valence-electron chi connectivity index (χ2n) is 6.55. The van der Waals surface area contributed by atoms with Gasteiger partial charge in [0.1, 0.15) is 5.76 Å². The summed E-state index contributed by atoms with van der Waals surface area (Å²) in [5.74, 6) is 0.845. The Morgan fingerprint density at radius 1 is 1.08 bits per heavy atom. The Kier molecular flexibility index (Phi) is 5.76. The van der Waals surface area contributed by atoms with Gasteiger partial charge < -0.3 is 14.3 Å². The Hall–Kier alpha value is -2.15. The predicted molar refractivity (Wildman–Crippen MR) is 101 cm³/mol. The van der Waals surface area contributed by atoms with Crippen molar-refractivity contribution in [3.8, 4) is 0 Å². The fraction of sp³-hybridized carbons (Fsp3) is 0.421. The van der Waals surface area contributed by atoms with Gasteiger partial charge in [0.2, 0.25) is 11.8 Å². The Labute approximate surface area is 161 Å². The first-order valence-corrected chi connectivity index (χ1v) is 9.45. The first-order chi connectivity index (χ1) is 12.4. The van der Waals surface area contributed by atoms with E-state index in [1.807, 2.05) is 47.9 Å². The fourth-order valence-electron chi connectivity index (χ4n) is 3.16. The summed E-state index contributed by atoms with van der Waals surface area (Å²) in [5, 5.41) is 3.89. The third-order valence-electron chi connectivity index (χ3n) is 4.74. The van der Waals surface area contributed by atoms with Gasteiger partial charge in [-0.3, -0.25) is 9.59 Å². The van der Waals surface area contributed by atoms with Gasteiger partial charge in [0, 0.05) is 36.2 Å². The van der Waals surface area contributed by atoms with Crippen LogP contribution in [-0.4, -0.2) is 52.9 Å². The van der Waals surface area contributed by atoms with Crippen LogP contribution in [0.1, 0.15) is 22.6 Å². The predicted octanol–water partition coefficient (Wildman–Crippen LogP) is 2.51. The number of piperazine rings is 1. The summed E-state index contributed by atoms with van der Waals surface area (Å²) in [7, 11) is 0. The highest BCUT2D eigenvalue weighted by Gasteiger charge is 2.25. The van der Waals surface area contributed by atoms with E-state index in [9.17, 15) is 9.59 Å². The van der Waals surface area contributed by atoms with E-state index in [-0.39, 0.29) is 11.8 Å². The van der Waals surface area contributed by atoms with Crippen molar-refractivity contribution in [3.63, 3.8) is 0 Å². The van der Waals surface area contributed by atoms with Crippen molar-refractivity contribution in [2.75, 3.05) is 26.2 Å². The molecule has 0 bridgehead atoms. The topological polar surface area (TPSA) is 66.7 Å². The lowest BCUT2D eigenvalue weighted by Gasteiger charge is -2.35. The minimum absolute atomic E-state index is 0.0542.